The highest BCUT2D eigenvalue weighted by atomic mass is 35.5. The minimum atomic E-state index is -0.934. The van der Waals surface area contributed by atoms with E-state index in [-0.39, 0.29) is 30.4 Å². The zero-order valence-corrected chi connectivity index (χ0v) is 9.13. The van der Waals surface area contributed by atoms with Crippen LogP contribution in [0.1, 0.15) is 19.8 Å². The van der Waals surface area contributed by atoms with Gasteiger partial charge in [-0.05, 0) is 26.3 Å². The minimum Gasteiger partial charge on any atom is -0.465 e. The number of nitrogens with one attached hydrogen (secondary N) is 2. The van der Waals surface area contributed by atoms with Gasteiger partial charge in [0.05, 0.1) is 5.54 Å². The summed E-state index contributed by atoms with van der Waals surface area (Å²) in [5.41, 5.74) is -0.260. The Morgan fingerprint density at radius 2 is 2.15 bits per heavy atom. The van der Waals surface area contributed by atoms with E-state index in [0.717, 1.165) is 25.9 Å². The second-order valence-electron chi connectivity index (χ2n) is 3.27. The van der Waals surface area contributed by atoms with Gasteiger partial charge < -0.3 is 15.7 Å². The van der Waals surface area contributed by atoms with Gasteiger partial charge in [-0.15, -0.1) is 24.8 Å². The second kappa shape index (κ2) is 6.29. The second-order valence-corrected chi connectivity index (χ2v) is 3.27. The van der Waals surface area contributed by atoms with Gasteiger partial charge in [-0.25, -0.2) is 4.79 Å². The van der Waals surface area contributed by atoms with Crippen LogP contribution < -0.4 is 10.6 Å². The molecule has 0 aromatic carbocycles. The molecule has 0 aliphatic carbocycles. The average Bonchev–Trinajstić information content (AvgIpc) is 1.85. The van der Waals surface area contributed by atoms with E-state index in [1.165, 1.54) is 0 Å². The normalized spacial score (nSPS) is 26.5. The summed E-state index contributed by atoms with van der Waals surface area (Å²) < 4.78 is 0. The molecule has 1 saturated heterocycles. The maximum absolute atomic E-state index is 10.3. The first kappa shape index (κ1) is 15.3. The maximum atomic E-state index is 10.3. The highest BCUT2D eigenvalue weighted by Crippen LogP contribution is 2.14. The molecule has 0 spiro atoms. The first-order valence-corrected chi connectivity index (χ1v) is 3.84. The highest BCUT2D eigenvalue weighted by molar-refractivity contribution is 5.85. The molecule has 0 aromatic heterocycles. The quantitative estimate of drug-likeness (QED) is 0.636. The predicted octanol–water partition coefficient (Wildman–Crippen LogP) is 1.24. The molecule has 0 radical (unpaired) electrons. The van der Waals surface area contributed by atoms with Gasteiger partial charge in [0, 0.05) is 6.54 Å². The van der Waals surface area contributed by atoms with Crippen LogP contribution in [0.2, 0.25) is 0 Å². The van der Waals surface area contributed by atoms with Crippen LogP contribution >= 0.6 is 24.8 Å². The average molecular weight is 231 g/mol. The van der Waals surface area contributed by atoms with Gasteiger partial charge in [0.2, 0.25) is 0 Å². The van der Waals surface area contributed by atoms with Gasteiger partial charge in [0.25, 0.3) is 0 Å². The lowest BCUT2D eigenvalue weighted by Crippen LogP contribution is -2.55. The molecular formula is C7H16Cl2N2O2. The van der Waals surface area contributed by atoms with Gasteiger partial charge >= 0.3 is 6.09 Å². The van der Waals surface area contributed by atoms with Crippen LogP contribution in [0.25, 0.3) is 0 Å². The summed E-state index contributed by atoms with van der Waals surface area (Å²) in [6.45, 7) is 3.66. The molecular weight excluding hydrogens is 215 g/mol. The summed E-state index contributed by atoms with van der Waals surface area (Å²) in [5.74, 6) is 0. The number of rotatable bonds is 1. The van der Waals surface area contributed by atoms with Crippen molar-refractivity contribution >= 4 is 30.9 Å². The van der Waals surface area contributed by atoms with E-state index in [4.69, 9.17) is 5.11 Å². The van der Waals surface area contributed by atoms with Crippen LogP contribution in [-0.2, 0) is 0 Å². The van der Waals surface area contributed by atoms with Crippen molar-refractivity contribution in [1.82, 2.24) is 10.6 Å². The van der Waals surface area contributed by atoms with E-state index in [1.54, 1.807) is 0 Å². The Balaban J connectivity index is 0. The topological polar surface area (TPSA) is 61.4 Å². The fraction of sp³-hybridized carbons (Fsp3) is 0.857. The number of halogens is 2. The molecule has 4 nitrogen and oxygen atoms in total. The zero-order valence-electron chi connectivity index (χ0n) is 7.50. The third-order valence-corrected chi connectivity index (χ3v) is 2.01. The molecule has 1 heterocycles. The van der Waals surface area contributed by atoms with Crippen LogP contribution in [0.4, 0.5) is 4.79 Å². The summed E-state index contributed by atoms with van der Waals surface area (Å²) >= 11 is 0. The molecule has 1 rings (SSSR count). The Morgan fingerprint density at radius 3 is 2.54 bits per heavy atom. The van der Waals surface area contributed by atoms with Crippen molar-refractivity contribution in [3.05, 3.63) is 0 Å². The molecule has 0 bridgehead atoms. The summed E-state index contributed by atoms with van der Waals surface area (Å²) in [7, 11) is 0. The molecule has 1 atom stereocenters. The van der Waals surface area contributed by atoms with Gasteiger partial charge in [0.15, 0.2) is 0 Å². The monoisotopic (exact) mass is 230 g/mol. The number of amides is 1. The minimum absolute atomic E-state index is 0. The van der Waals surface area contributed by atoms with E-state index < -0.39 is 6.09 Å². The van der Waals surface area contributed by atoms with Crippen molar-refractivity contribution in [2.24, 2.45) is 0 Å². The van der Waals surface area contributed by atoms with Crippen molar-refractivity contribution in [3.8, 4) is 0 Å². The van der Waals surface area contributed by atoms with Gasteiger partial charge in [-0.3, -0.25) is 0 Å². The number of hydrogen-bond donors (Lipinski definition) is 3. The Labute approximate surface area is 90.3 Å². The molecule has 1 aliphatic rings. The van der Waals surface area contributed by atoms with Crippen LogP contribution in [0, 0.1) is 0 Å². The number of piperidine rings is 1. The Bertz CT molecular complexity index is 161. The number of hydrogen-bond acceptors (Lipinski definition) is 2. The molecule has 80 valence electrons. The first-order chi connectivity index (χ1) is 5.12. The molecule has 6 heteroatoms. The largest absolute Gasteiger partial charge is 0.465 e. The van der Waals surface area contributed by atoms with Crippen molar-refractivity contribution in [3.63, 3.8) is 0 Å². The fourth-order valence-electron chi connectivity index (χ4n) is 1.42. The van der Waals surface area contributed by atoms with Crippen LogP contribution in [0.5, 0.6) is 0 Å². The maximum Gasteiger partial charge on any atom is 0.405 e. The summed E-state index contributed by atoms with van der Waals surface area (Å²) in [6, 6.07) is 0. The van der Waals surface area contributed by atoms with Crippen molar-refractivity contribution in [1.29, 1.82) is 0 Å². The fourth-order valence-corrected chi connectivity index (χ4v) is 1.42. The molecule has 0 unspecified atom stereocenters. The third kappa shape index (κ3) is 5.18. The van der Waals surface area contributed by atoms with E-state index in [9.17, 15) is 4.79 Å². The summed E-state index contributed by atoms with van der Waals surface area (Å²) in [6.07, 6.45) is 1.03. The Kier molecular flexibility index (Phi) is 7.40. The molecule has 0 saturated carbocycles. The van der Waals surface area contributed by atoms with Crippen molar-refractivity contribution in [2.75, 3.05) is 13.1 Å². The van der Waals surface area contributed by atoms with Crippen LogP contribution in [-0.4, -0.2) is 29.8 Å². The van der Waals surface area contributed by atoms with E-state index >= 15 is 0 Å². The molecule has 1 amide bonds. The lowest BCUT2D eigenvalue weighted by Gasteiger charge is -2.33. The first-order valence-electron chi connectivity index (χ1n) is 3.84. The lowest BCUT2D eigenvalue weighted by molar-refractivity contribution is 0.172. The van der Waals surface area contributed by atoms with Crippen LogP contribution in [0.3, 0.4) is 0 Å². The molecule has 1 aliphatic heterocycles. The standard InChI is InChI=1S/C7H14N2O2.2ClH/c1-7(9-6(10)11)3-2-4-8-5-7;;/h8-9H,2-5H2,1H3,(H,10,11);2*1H/t7-;;/m1../s1. The van der Waals surface area contributed by atoms with E-state index in [2.05, 4.69) is 10.6 Å². The number of carboxylic acid groups (broad SMARTS) is 1. The Morgan fingerprint density at radius 1 is 1.54 bits per heavy atom. The lowest BCUT2D eigenvalue weighted by atomic mass is 9.93. The van der Waals surface area contributed by atoms with Gasteiger partial charge in [-0.2, -0.15) is 0 Å². The van der Waals surface area contributed by atoms with Crippen LogP contribution in [0.15, 0.2) is 0 Å². The summed E-state index contributed by atoms with van der Waals surface area (Å²) in [5, 5.41) is 14.2. The van der Waals surface area contributed by atoms with Crippen molar-refractivity contribution in [2.45, 2.75) is 25.3 Å². The molecule has 1 fully saturated rings. The number of carbonyl (C=O) groups is 1. The smallest absolute Gasteiger partial charge is 0.405 e. The molecule has 3 N–H and O–H groups in total. The summed E-state index contributed by atoms with van der Waals surface area (Å²) in [4.78, 5) is 10.3. The molecule has 0 aromatic rings. The highest BCUT2D eigenvalue weighted by Gasteiger charge is 2.27. The SMILES string of the molecule is C[C@@]1(NC(=O)O)CCCNC1.Cl.Cl. The van der Waals surface area contributed by atoms with E-state index in [1.807, 2.05) is 6.92 Å². The van der Waals surface area contributed by atoms with Gasteiger partial charge in [0.1, 0.15) is 0 Å². The van der Waals surface area contributed by atoms with Gasteiger partial charge in [-0.1, -0.05) is 0 Å². The van der Waals surface area contributed by atoms with E-state index in [0.29, 0.717) is 0 Å². The third-order valence-electron chi connectivity index (χ3n) is 2.01. The van der Waals surface area contributed by atoms with Crippen molar-refractivity contribution < 1.29 is 9.90 Å². The Hall–Kier alpha value is -0.190. The predicted molar refractivity (Wildman–Crippen MR) is 56.2 cm³/mol. The molecule has 13 heavy (non-hydrogen) atoms. The zero-order chi connectivity index (χ0) is 8.32.